The van der Waals surface area contributed by atoms with Gasteiger partial charge in [0.2, 0.25) is 0 Å². The third-order valence-corrected chi connectivity index (χ3v) is 4.48. The third-order valence-electron chi connectivity index (χ3n) is 2.83. The van der Waals surface area contributed by atoms with Crippen molar-refractivity contribution >= 4 is 27.3 Å². The SMILES string of the molecule is CNCc1ccccc1NS(=O)(=O)c1ccc(F)c(Cl)c1. The van der Waals surface area contributed by atoms with Crippen molar-refractivity contribution in [1.29, 1.82) is 0 Å². The van der Waals surface area contributed by atoms with Gasteiger partial charge in [0.15, 0.2) is 0 Å². The van der Waals surface area contributed by atoms with Crippen molar-refractivity contribution in [2.45, 2.75) is 11.4 Å². The van der Waals surface area contributed by atoms with Gasteiger partial charge in [-0.05, 0) is 36.9 Å². The van der Waals surface area contributed by atoms with Crippen molar-refractivity contribution in [3.63, 3.8) is 0 Å². The summed E-state index contributed by atoms with van der Waals surface area (Å²) in [6.45, 7) is 0.517. The zero-order valence-corrected chi connectivity index (χ0v) is 12.8. The van der Waals surface area contributed by atoms with E-state index in [4.69, 9.17) is 11.6 Å². The quantitative estimate of drug-likeness (QED) is 0.887. The molecule has 0 heterocycles. The van der Waals surface area contributed by atoms with Gasteiger partial charge in [0.25, 0.3) is 10.0 Å². The minimum absolute atomic E-state index is 0.0897. The third kappa shape index (κ3) is 3.72. The van der Waals surface area contributed by atoms with E-state index in [1.807, 2.05) is 12.1 Å². The molecular formula is C14H14ClFN2O2S. The van der Waals surface area contributed by atoms with Crippen LogP contribution in [0.3, 0.4) is 0 Å². The molecule has 7 heteroatoms. The van der Waals surface area contributed by atoms with Crippen LogP contribution in [0.1, 0.15) is 5.56 Å². The van der Waals surface area contributed by atoms with Crippen molar-refractivity contribution in [1.82, 2.24) is 5.32 Å². The summed E-state index contributed by atoms with van der Waals surface area (Å²) in [5, 5.41) is 2.73. The molecule has 0 aliphatic rings. The Kier molecular flexibility index (Phi) is 4.82. The van der Waals surface area contributed by atoms with Gasteiger partial charge < -0.3 is 5.32 Å². The molecule has 21 heavy (non-hydrogen) atoms. The average Bonchev–Trinajstić information content (AvgIpc) is 2.44. The molecule has 0 saturated heterocycles. The number of para-hydroxylation sites is 1. The van der Waals surface area contributed by atoms with Crippen molar-refractivity contribution in [2.24, 2.45) is 0 Å². The van der Waals surface area contributed by atoms with Crippen LogP contribution < -0.4 is 10.0 Å². The summed E-state index contributed by atoms with van der Waals surface area (Å²) in [7, 11) is -2.05. The van der Waals surface area contributed by atoms with Crippen LogP contribution in [-0.2, 0) is 16.6 Å². The van der Waals surface area contributed by atoms with E-state index in [0.29, 0.717) is 12.2 Å². The molecule has 2 aromatic rings. The predicted octanol–water partition coefficient (Wildman–Crippen LogP) is 3.00. The maximum Gasteiger partial charge on any atom is 0.261 e. The molecule has 2 rings (SSSR count). The van der Waals surface area contributed by atoms with Crippen molar-refractivity contribution < 1.29 is 12.8 Å². The van der Waals surface area contributed by atoms with Crippen LogP contribution in [0, 0.1) is 5.82 Å². The maximum atomic E-state index is 13.1. The van der Waals surface area contributed by atoms with Gasteiger partial charge >= 0.3 is 0 Å². The zero-order chi connectivity index (χ0) is 15.5. The van der Waals surface area contributed by atoms with Crippen LogP contribution in [0.15, 0.2) is 47.4 Å². The molecule has 0 bridgehead atoms. The van der Waals surface area contributed by atoms with Gasteiger partial charge in [-0.1, -0.05) is 29.8 Å². The molecule has 0 aliphatic heterocycles. The second kappa shape index (κ2) is 6.43. The second-order valence-corrected chi connectivity index (χ2v) is 6.46. The van der Waals surface area contributed by atoms with E-state index in [0.717, 1.165) is 17.7 Å². The minimum Gasteiger partial charge on any atom is -0.316 e. The van der Waals surface area contributed by atoms with E-state index < -0.39 is 15.8 Å². The Labute approximate surface area is 128 Å². The molecule has 112 valence electrons. The van der Waals surface area contributed by atoms with Gasteiger partial charge in [0.1, 0.15) is 5.82 Å². The first-order chi connectivity index (χ1) is 9.94. The lowest BCUT2D eigenvalue weighted by Gasteiger charge is -2.12. The number of halogens is 2. The highest BCUT2D eigenvalue weighted by Gasteiger charge is 2.17. The van der Waals surface area contributed by atoms with E-state index in [2.05, 4.69) is 10.0 Å². The molecule has 0 aliphatic carbocycles. The lowest BCUT2D eigenvalue weighted by molar-refractivity contribution is 0.599. The fourth-order valence-electron chi connectivity index (χ4n) is 1.81. The fourth-order valence-corrected chi connectivity index (χ4v) is 3.18. The van der Waals surface area contributed by atoms with E-state index in [1.54, 1.807) is 19.2 Å². The average molecular weight is 329 g/mol. The first kappa shape index (κ1) is 15.8. The number of sulfonamides is 1. The van der Waals surface area contributed by atoms with Crippen LogP contribution in [0.2, 0.25) is 5.02 Å². The Morgan fingerprint density at radius 2 is 1.90 bits per heavy atom. The highest BCUT2D eigenvalue weighted by atomic mass is 35.5. The molecule has 0 radical (unpaired) electrons. The van der Waals surface area contributed by atoms with Crippen molar-refractivity contribution in [3.8, 4) is 0 Å². The Hall–Kier alpha value is -1.63. The summed E-state index contributed by atoms with van der Waals surface area (Å²) < 4.78 is 40.2. The summed E-state index contributed by atoms with van der Waals surface area (Å²) in [4.78, 5) is -0.0897. The number of benzene rings is 2. The van der Waals surface area contributed by atoms with Crippen LogP contribution >= 0.6 is 11.6 Å². The van der Waals surface area contributed by atoms with Crippen LogP contribution in [0.5, 0.6) is 0 Å². The molecular weight excluding hydrogens is 315 g/mol. The van der Waals surface area contributed by atoms with E-state index >= 15 is 0 Å². The largest absolute Gasteiger partial charge is 0.316 e. The topological polar surface area (TPSA) is 58.2 Å². The first-order valence-corrected chi connectivity index (χ1v) is 8.00. The lowest BCUT2D eigenvalue weighted by atomic mass is 10.2. The highest BCUT2D eigenvalue weighted by molar-refractivity contribution is 7.92. The lowest BCUT2D eigenvalue weighted by Crippen LogP contribution is -2.16. The van der Waals surface area contributed by atoms with E-state index in [-0.39, 0.29) is 9.92 Å². The van der Waals surface area contributed by atoms with Crippen LogP contribution in [-0.4, -0.2) is 15.5 Å². The van der Waals surface area contributed by atoms with Gasteiger partial charge in [-0.3, -0.25) is 4.72 Å². The van der Waals surface area contributed by atoms with Crippen molar-refractivity contribution in [2.75, 3.05) is 11.8 Å². The molecule has 0 amide bonds. The molecule has 0 atom stereocenters. The molecule has 4 nitrogen and oxygen atoms in total. The number of rotatable bonds is 5. The number of hydrogen-bond acceptors (Lipinski definition) is 3. The molecule has 2 aromatic carbocycles. The summed E-state index contributed by atoms with van der Waals surface area (Å²) in [6.07, 6.45) is 0. The van der Waals surface area contributed by atoms with Gasteiger partial charge in [-0.25, -0.2) is 12.8 Å². The van der Waals surface area contributed by atoms with E-state index in [1.165, 1.54) is 6.07 Å². The smallest absolute Gasteiger partial charge is 0.261 e. The standard InChI is InChI=1S/C14H14ClFN2O2S/c1-17-9-10-4-2-3-5-14(10)18-21(19,20)11-6-7-13(16)12(15)8-11/h2-8,17-18H,9H2,1H3. The van der Waals surface area contributed by atoms with Crippen LogP contribution in [0.4, 0.5) is 10.1 Å². The molecule has 2 N–H and O–H groups in total. The molecule has 0 saturated carbocycles. The number of anilines is 1. The predicted molar refractivity (Wildman–Crippen MR) is 81.4 cm³/mol. The van der Waals surface area contributed by atoms with E-state index in [9.17, 15) is 12.8 Å². The Morgan fingerprint density at radius 1 is 1.19 bits per heavy atom. The van der Waals surface area contributed by atoms with Crippen LogP contribution in [0.25, 0.3) is 0 Å². The van der Waals surface area contributed by atoms with Gasteiger partial charge in [-0.2, -0.15) is 0 Å². The zero-order valence-electron chi connectivity index (χ0n) is 11.2. The number of hydrogen-bond donors (Lipinski definition) is 2. The Balaban J connectivity index is 2.35. The maximum absolute atomic E-state index is 13.1. The summed E-state index contributed by atoms with van der Waals surface area (Å²) >= 11 is 5.63. The van der Waals surface area contributed by atoms with Gasteiger partial charge in [0.05, 0.1) is 15.6 Å². The molecule has 0 unspecified atom stereocenters. The van der Waals surface area contributed by atoms with Crippen molar-refractivity contribution in [3.05, 3.63) is 58.9 Å². The fraction of sp³-hybridized carbons (Fsp3) is 0.143. The summed E-state index contributed by atoms with van der Waals surface area (Å²) in [6, 6.07) is 10.3. The van der Waals surface area contributed by atoms with Gasteiger partial charge in [-0.15, -0.1) is 0 Å². The Morgan fingerprint density at radius 3 is 2.57 bits per heavy atom. The molecule has 0 aromatic heterocycles. The monoisotopic (exact) mass is 328 g/mol. The summed E-state index contributed by atoms with van der Waals surface area (Å²) in [5.41, 5.74) is 1.27. The highest BCUT2D eigenvalue weighted by Crippen LogP contribution is 2.23. The van der Waals surface area contributed by atoms with Gasteiger partial charge in [0, 0.05) is 6.54 Å². The second-order valence-electron chi connectivity index (χ2n) is 4.37. The normalized spacial score (nSPS) is 11.4. The Bertz CT molecular complexity index is 750. The minimum atomic E-state index is -3.82. The number of nitrogens with one attached hydrogen (secondary N) is 2. The molecule has 0 fully saturated rings. The molecule has 0 spiro atoms. The summed E-state index contributed by atoms with van der Waals surface area (Å²) in [5.74, 6) is -0.661. The first-order valence-electron chi connectivity index (χ1n) is 6.14.